The van der Waals surface area contributed by atoms with Gasteiger partial charge in [-0.1, -0.05) is 17.3 Å². The van der Waals surface area contributed by atoms with Crippen LogP contribution in [0.3, 0.4) is 0 Å². The number of allylic oxidation sites excluding steroid dienone is 1. The molecular formula is C10H13N3O. The Morgan fingerprint density at radius 2 is 2.21 bits per heavy atom. The molecule has 4 nitrogen and oxygen atoms in total. The van der Waals surface area contributed by atoms with Gasteiger partial charge >= 0.3 is 0 Å². The molecule has 74 valence electrons. The molecule has 4 heteroatoms. The minimum absolute atomic E-state index is 0.149. The normalized spacial score (nSPS) is 31.2. The summed E-state index contributed by atoms with van der Waals surface area (Å²) in [6.45, 7) is 0. The van der Waals surface area contributed by atoms with Crippen molar-refractivity contribution in [3.8, 4) is 0 Å². The van der Waals surface area contributed by atoms with Crippen molar-refractivity contribution in [3.63, 3.8) is 0 Å². The van der Waals surface area contributed by atoms with E-state index >= 15 is 0 Å². The second-order valence-electron chi connectivity index (χ2n) is 4.16. The van der Waals surface area contributed by atoms with Gasteiger partial charge in [-0.3, -0.25) is 0 Å². The highest BCUT2D eigenvalue weighted by molar-refractivity contribution is 5.16. The lowest BCUT2D eigenvalue weighted by molar-refractivity contribution is 0.360. The molecule has 2 atom stereocenters. The summed E-state index contributed by atoms with van der Waals surface area (Å²) in [6.07, 6.45) is 7.38. The fourth-order valence-corrected chi connectivity index (χ4v) is 1.82. The first-order valence-electron chi connectivity index (χ1n) is 5.10. The molecule has 1 fully saturated rings. The lowest BCUT2D eigenvalue weighted by Gasteiger charge is -2.01. The largest absolute Gasteiger partial charge is 0.339 e. The van der Waals surface area contributed by atoms with Crippen LogP contribution < -0.4 is 5.73 Å². The monoisotopic (exact) mass is 191 g/mol. The fraction of sp³-hybridized carbons (Fsp3) is 0.600. The van der Waals surface area contributed by atoms with Gasteiger partial charge in [-0.25, -0.2) is 0 Å². The van der Waals surface area contributed by atoms with Gasteiger partial charge in [0, 0.05) is 12.0 Å². The molecule has 0 amide bonds. The van der Waals surface area contributed by atoms with Gasteiger partial charge in [-0.05, 0) is 19.3 Å². The molecule has 3 rings (SSSR count). The molecule has 1 aromatic rings. The first-order chi connectivity index (χ1) is 6.83. The van der Waals surface area contributed by atoms with Crippen molar-refractivity contribution in [2.75, 3.05) is 0 Å². The zero-order valence-corrected chi connectivity index (χ0v) is 7.89. The molecule has 0 spiro atoms. The quantitative estimate of drug-likeness (QED) is 0.716. The van der Waals surface area contributed by atoms with E-state index in [-0.39, 0.29) is 12.0 Å². The maximum absolute atomic E-state index is 5.76. The highest BCUT2D eigenvalue weighted by Gasteiger charge is 2.30. The topological polar surface area (TPSA) is 64.9 Å². The summed E-state index contributed by atoms with van der Waals surface area (Å²) < 4.78 is 5.23. The van der Waals surface area contributed by atoms with E-state index in [0.29, 0.717) is 5.92 Å². The van der Waals surface area contributed by atoms with Gasteiger partial charge in [0.05, 0.1) is 5.92 Å². The average molecular weight is 191 g/mol. The van der Waals surface area contributed by atoms with Crippen molar-refractivity contribution >= 4 is 0 Å². The molecule has 2 aliphatic rings. The molecule has 0 bridgehead atoms. The van der Waals surface area contributed by atoms with Gasteiger partial charge in [0.1, 0.15) is 0 Å². The first-order valence-corrected chi connectivity index (χ1v) is 5.10. The van der Waals surface area contributed by atoms with Crippen LogP contribution in [0.5, 0.6) is 0 Å². The molecule has 2 N–H and O–H groups in total. The first kappa shape index (κ1) is 8.17. The van der Waals surface area contributed by atoms with Crippen LogP contribution in [0.15, 0.2) is 16.7 Å². The summed E-state index contributed by atoms with van der Waals surface area (Å²) in [5.74, 6) is 2.42. The maximum Gasteiger partial charge on any atom is 0.233 e. The molecule has 0 saturated heterocycles. The van der Waals surface area contributed by atoms with Crippen LogP contribution in [0.2, 0.25) is 0 Å². The fourth-order valence-electron chi connectivity index (χ4n) is 1.82. The minimum atomic E-state index is 0.149. The summed E-state index contributed by atoms with van der Waals surface area (Å²) >= 11 is 0. The Morgan fingerprint density at radius 3 is 2.86 bits per heavy atom. The highest BCUT2D eigenvalue weighted by atomic mass is 16.5. The van der Waals surface area contributed by atoms with Crippen molar-refractivity contribution in [2.45, 2.75) is 37.1 Å². The zero-order chi connectivity index (χ0) is 9.54. The lowest BCUT2D eigenvalue weighted by Crippen LogP contribution is -2.14. The Labute approximate surface area is 82.2 Å². The Bertz CT molecular complexity index is 367. The van der Waals surface area contributed by atoms with E-state index < -0.39 is 0 Å². The van der Waals surface area contributed by atoms with Crippen LogP contribution in [0.4, 0.5) is 0 Å². The van der Waals surface area contributed by atoms with Crippen molar-refractivity contribution in [2.24, 2.45) is 5.73 Å². The second-order valence-corrected chi connectivity index (χ2v) is 4.16. The molecule has 1 heterocycles. The molecule has 2 unspecified atom stereocenters. The van der Waals surface area contributed by atoms with Crippen LogP contribution in [0.25, 0.3) is 0 Å². The van der Waals surface area contributed by atoms with E-state index in [1.807, 2.05) is 6.08 Å². The predicted octanol–water partition coefficient (Wildman–Crippen LogP) is 1.32. The van der Waals surface area contributed by atoms with E-state index in [9.17, 15) is 0 Å². The number of aromatic nitrogens is 2. The third-order valence-corrected chi connectivity index (χ3v) is 2.83. The molecule has 2 aliphatic carbocycles. The van der Waals surface area contributed by atoms with Gasteiger partial charge < -0.3 is 10.3 Å². The van der Waals surface area contributed by atoms with E-state index in [4.69, 9.17) is 10.3 Å². The molecule has 1 saturated carbocycles. The maximum atomic E-state index is 5.76. The molecule has 14 heavy (non-hydrogen) atoms. The van der Waals surface area contributed by atoms with Crippen molar-refractivity contribution in [3.05, 3.63) is 23.9 Å². The molecule has 0 radical (unpaired) electrons. The van der Waals surface area contributed by atoms with Gasteiger partial charge in [0.2, 0.25) is 5.89 Å². The molecule has 0 aromatic carbocycles. The van der Waals surface area contributed by atoms with E-state index in [1.165, 1.54) is 12.8 Å². The number of hydrogen-bond donors (Lipinski definition) is 1. The Balaban J connectivity index is 1.79. The molecule has 0 aliphatic heterocycles. The third kappa shape index (κ3) is 1.35. The summed E-state index contributed by atoms with van der Waals surface area (Å²) in [4.78, 5) is 4.40. The average Bonchev–Trinajstić information content (AvgIpc) is 2.76. The third-order valence-electron chi connectivity index (χ3n) is 2.83. The van der Waals surface area contributed by atoms with Crippen LogP contribution >= 0.6 is 0 Å². The van der Waals surface area contributed by atoms with E-state index in [1.54, 1.807) is 0 Å². The van der Waals surface area contributed by atoms with Crippen LogP contribution in [0, 0.1) is 0 Å². The van der Waals surface area contributed by atoms with Crippen LogP contribution in [-0.4, -0.2) is 16.2 Å². The summed E-state index contributed by atoms with van der Waals surface area (Å²) in [6, 6.07) is 0.149. The summed E-state index contributed by atoms with van der Waals surface area (Å²) in [5, 5.41) is 3.99. The van der Waals surface area contributed by atoms with Crippen molar-refractivity contribution in [1.29, 1.82) is 0 Å². The van der Waals surface area contributed by atoms with Gasteiger partial charge in [-0.2, -0.15) is 4.98 Å². The van der Waals surface area contributed by atoms with Crippen LogP contribution in [-0.2, 0) is 0 Å². The minimum Gasteiger partial charge on any atom is -0.339 e. The Kier molecular flexibility index (Phi) is 1.70. The SMILES string of the molecule is NC1C=CC(c2nc(C3CC3)no2)C1. The number of rotatable bonds is 2. The zero-order valence-electron chi connectivity index (χ0n) is 7.89. The summed E-state index contributed by atoms with van der Waals surface area (Å²) in [5.41, 5.74) is 5.76. The smallest absolute Gasteiger partial charge is 0.233 e. The number of hydrogen-bond acceptors (Lipinski definition) is 4. The number of nitrogens with zero attached hydrogens (tertiary/aromatic N) is 2. The predicted molar refractivity (Wildman–Crippen MR) is 50.7 cm³/mol. The van der Waals surface area contributed by atoms with Gasteiger partial charge in [0.25, 0.3) is 0 Å². The van der Waals surface area contributed by atoms with Gasteiger partial charge in [-0.15, -0.1) is 0 Å². The highest BCUT2D eigenvalue weighted by Crippen LogP contribution is 2.39. The van der Waals surface area contributed by atoms with Crippen molar-refractivity contribution in [1.82, 2.24) is 10.1 Å². The van der Waals surface area contributed by atoms with Gasteiger partial charge in [0.15, 0.2) is 5.82 Å². The van der Waals surface area contributed by atoms with Crippen LogP contribution in [0.1, 0.15) is 42.8 Å². The molecule has 1 aromatic heterocycles. The molecular weight excluding hydrogens is 178 g/mol. The number of nitrogens with two attached hydrogens (primary N) is 1. The van der Waals surface area contributed by atoms with E-state index in [0.717, 1.165) is 18.1 Å². The Hall–Kier alpha value is -1.16. The Morgan fingerprint density at radius 1 is 1.36 bits per heavy atom. The standard InChI is InChI=1S/C10H13N3O/c11-8-4-3-7(5-8)10-12-9(13-14-10)6-1-2-6/h3-4,6-8H,1-2,5,11H2. The van der Waals surface area contributed by atoms with E-state index in [2.05, 4.69) is 16.2 Å². The summed E-state index contributed by atoms with van der Waals surface area (Å²) in [7, 11) is 0. The van der Waals surface area contributed by atoms with Crippen molar-refractivity contribution < 1.29 is 4.52 Å². The lowest BCUT2D eigenvalue weighted by atomic mass is 10.1. The second kappa shape index (κ2) is 2.92.